The fraction of sp³-hybridized carbons (Fsp3) is 1.00. The Morgan fingerprint density at radius 3 is 1.17 bits per heavy atom. The van der Waals surface area contributed by atoms with Crippen LogP contribution in [0.1, 0.15) is 20.8 Å². The monoisotopic (exact) mass is 170 g/mol. The number of halogens is 1. The molecule has 0 radical (unpaired) electrons. The summed E-state index contributed by atoms with van der Waals surface area (Å²) in [5.74, 6) is 0. The van der Waals surface area contributed by atoms with Crippen molar-refractivity contribution in [2.75, 3.05) is 0 Å². The lowest BCUT2D eigenvalue weighted by molar-refractivity contribution is 0.812. The smallest absolute Gasteiger partial charge is 0.00449 e. The predicted octanol–water partition coefficient (Wildman–Crippen LogP) is 2.29. The molecule has 0 amide bonds. The summed E-state index contributed by atoms with van der Waals surface area (Å²) in [5, 5.41) is 0. The lowest BCUT2D eigenvalue weighted by Crippen LogP contribution is -1.99. The maximum atomic E-state index is 4.12. The van der Waals surface area contributed by atoms with Crippen molar-refractivity contribution in [3.05, 3.63) is 0 Å². The molecule has 0 nitrogen and oxygen atoms in total. The Bertz CT molecular complexity index is 23.0. The minimum Gasteiger partial charge on any atom is -0.173 e. The first-order valence-corrected chi connectivity index (χ1v) is 2.17. The van der Waals surface area contributed by atoms with Crippen molar-refractivity contribution in [2.24, 2.45) is 0 Å². The average Bonchev–Trinajstić information content (AvgIpc) is 0.722. The van der Waals surface area contributed by atoms with Gasteiger partial charge in [-0.05, 0) is 0 Å². The van der Waals surface area contributed by atoms with Gasteiger partial charge >= 0.3 is 0 Å². The molecule has 0 spiro atoms. The van der Waals surface area contributed by atoms with Gasteiger partial charge in [0.1, 0.15) is 0 Å². The summed E-state index contributed by atoms with van der Waals surface area (Å²) < 4.78 is 0.194. The van der Waals surface area contributed by atoms with E-state index in [1.165, 1.54) is 0 Å². The van der Waals surface area contributed by atoms with Gasteiger partial charge in [0.05, 0.1) is 0 Å². The molecule has 0 aromatic rings. The van der Waals surface area contributed by atoms with Gasteiger partial charge in [-0.2, -0.15) is 12.6 Å². The molecule has 0 aromatic heterocycles. The van der Waals surface area contributed by atoms with Gasteiger partial charge in [0, 0.05) is 4.75 Å². The van der Waals surface area contributed by atoms with Crippen molar-refractivity contribution >= 4 is 29.6 Å². The van der Waals surface area contributed by atoms with Gasteiger partial charge in [0.15, 0.2) is 0 Å². The largest absolute Gasteiger partial charge is 0.173 e. The number of hydrogen-bond donors (Lipinski definition) is 1. The summed E-state index contributed by atoms with van der Waals surface area (Å²) in [4.78, 5) is 0. The minimum absolute atomic E-state index is 0. The third-order valence-electron chi connectivity index (χ3n) is 0. The highest BCUT2D eigenvalue weighted by atomic mass is 79.9. The molecule has 0 aliphatic carbocycles. The van der Waals surface area contributed by atoms with Crippen LogP contribution in [0.25, 0.3) is 0 Å². The normalized spacial score (nSPS) is 10.0. The van der Waals surface area contributed by atoms with E-state index in [4.69, 9.17) is 0 Å². The van der Waals surface area contributed by atoms with Crippen LogP contribution in [-0.2, 0) is 0 Å². The number of hydrogen-bond acceptors (Lipinski definition) is 1. The Balaban J connectivity index is 0. The van der Waals surface area contributed by atoms with Crippen molar-refractivity contribution < 1.29 is 0 Å². The fourth-order valence-corrected chi connectivity index (χ4v) is 0. The molecule has 0 atom stereocenters. The second-order valence-electron chi connectivity index (χ2n) is 2.17. The molecule has 6 heavy (non-hydrogen) atoms. The highest BCUT2D eigenvalue weighted by molar-refractivity contribution is 8.93. The molecule has 0 N–H and O–H groups in total. The van der Waals surface area contributed by atoms with E-state index in [1.807, 2.05) is 0 Å². The minimum atomic E-state index is 0. The molecule has 0 saturated carbocycles. The second-order valence-corrected chi connectivity index (χ2v) is 3.51. The molecule has 0 aliphatic heterocycles. The van der Waals surface area contributed by atoms with Crippen molar-refractivity contribution in [1.82, 2.24) is 0 Å². The third kappa shape index (κ3) is 103. The Morgan fingerprint density at radius 1 is 1.17 bits per heavy atom. The van der Waals surface area contributed by atoms with Gasteiger partial charge in [-0.25, -0.2) is 0 Å². The van der Waals surface area contributed by atoms with Crippen LogP contribution in [0.2, 0.25) is 0 Å². The first-order valence-electron chi connectivity index (χ1n) is 1.72. The zero-order valence-corrected chi connectivity index (χ0v) is 6.96. The van der Waals surface area contributed by atoms with Crippen molar-refractivity contribution in [3.63, 3.8) is 0 Å². The summed E-state index contributed by atoms with van der Waals surface area (Å²) in [6.07, 6.45) is 0. The van der Waals surface area contributed by atoms with E-state index in [2.05, 4.69) is 33.4 Å². The molecule has 0 heterocycles. The van der Waals surface area contributed by atoms with Gasteiger partial charge in [-0.15, -0.1) is 17.0 Å². The first kappa shape index (κ1) is 9.95. The van der Waals surface area contributed by atoms with Crippen LogP contribution in [0.4, 0.5) is 0 Å². The van der Waals surface area contributed by atoms with Crippen molar-refractivity contribution in [1.29, 1.82) is 0 Å². The molecular formula is C4H11BrS. The summed E-state index contributed by atoms with van der Waals surface area (Å²) >= 11 is 4.12. The van der Waals surface area contributed by atoms with Crippen LogP contribution in [0, 0.1) is 0 Å². The molecule has 0 aliphatic rings. The predicted molar refractivity (Wildman–Crippen MR) is 39.1 cm³/mol. The number of rotatable bonds is 0. The van der Waals surface area contributed by atoms with Gasteiger partial charge in [0.25, 0.3) is 0 Å². The molecule has 0 fully saturated rings. The summed E-state index contributed by atoms with van der Waals surface area (Å²) in [5.41, 5.74) is 0. The maximum Gasteiger partial charge on any atom is 0.00449 e. The Hall–Kier alpha value is 0.830. The standard InChI is InChI=1S/C4H10S.BrH/c1-4(2,3)5;/h5H,1-3H3;1H. The highest BCUT2D eigenvalue weighted by Crippen LogP contribution is 2.07. The maximum absolute atomic E-state index is 4.12. The zero-order valence-electron chi connectivity index (χ0n) is 4.36. The average molecular weight is 171 g/mol. The SMILES string of the molecule is Br.CC(C)(C)S. The van der Waals surface area contributed by atoms with Gasteiger partial charge in [-0.3, -0.25) is 0 Å². The van der Waals surface area contributed by atoms with Gasteiger partial charge in [-0.1, -0.05) is 20.8 Å². The Labute approximate surface area is 55.5 Å². The van der Waals surface area contributed by atoms with Crippen molar-refractivity contribution in [3.8, 4) is 0 Å². The van der Waals surface area contributed by atoms with Crippen LogP contribution >= 0.6 is 29.6 Å². The Kier molecular flexibility index (Phi) is 4.84. The molecule has 40 valence electrons. The van der Waals surface area contributed by atoms with E-state index < -0.39 is 0 Å². The van der Waals surface area contributed by atoms with E-state index >= 15 is 0 Å². The third-order valence-corrected chi connectivity index (χ3v) is 0. The summed E-state index contributed by atoms with van der Waals surface area (Å²) in [7, 11) is 0. The summed E-state index contributed by atoms with van der Waals surface area (Å²) in [6.45, 7) is 6.16. The molecular weight excluding hydrogens is 160 g/mol. The topological polar surface area (TPSA) is 0 Å². The van der Waals surface area contributed by atoms with Crippen LogP contribution in [0.3, 0.4) is 0 Å². The van der Waals surface area contributed by atoms with E-state index in [0.717, 1.165) is 0 Å². The molecule has 0 bridgehead atoms. The summed E-state index contributed by atoms with van der Waals surface area (Å²) in [6, 6.07) is 0. The van der Waals surface area contributed by atoms with E-state index in [0.29, 0.717) is 0 Å². The highest BCUT2D eigenvalue weighted by Gasteiger charge is 1.96. The molecule has 0 aromatic carbocycles. The van der Waals surface area contributed by atoms with Crippen molar-refractivity contribution in [2.45, 2.75) is 25.5 Å². The quantitative estimate of drug-likeness (QED) is 0.531. The zero-order chi connectivity index (χ0) is 4.50. The number of thiol groups is 1. The second kappa shape index (κ2) is 2.92. The fourth-order valence-electron chi connectivity index (χ4n) is 0. The molecule has 0 rings (SSSR count). The van der Waals surface area contributed by atoms with E-state index in [9.17, 15) is 0 Å². The first-order chi connectivity index (χ1) is 2.00. The molecule has 0 unspecified atom stereocenters. The lowest BCUT2D eigenvalue weighted by atomic mass is 10.3. The van der Waals surface area contributed by atoms with Crippen LogP contribution in [0.5, 0.6) is 0 Å². The molecule has 2 heteroatoms. The van der Waals surface area contributed by atoms with Gasteiger partial charge in [0.2, 0.25) is 0 Å². The van der Waals surface area contributed by atoms with Crippen LogP contribution in [0.15, 0.2) is 0 Å². The Morgan fingerprint density at radius 2 is 1.17 bits per heavy atom. The van der Waals surface area contributed by atoms with Gasteiger partial charge < -0.3 is 0 Å². The lowest BCUT2D eigenvalue weighted by Gasteiger charge is -2.04. The molecule has 0 saturated heterocycles. The van der Waals surface area contributed by atoms with E-state index in [1.54, 1.807) is 0 Å². The van der Waals surface area contributed by atoms with Crippen LogP contribution in [-0.4, -0.2) is 4.75 Å². The van der Waals surface area contributed by atoms with E-state index in [-0.39, 0.29) is 21.7 Å². The van der Waals surface area contributed by atoms with Crippen LogP contribution < -0.4 is 0 Å².